The standard InChI is InChI=1S/C21H28N4O5S/c1-3-5-11-24-19(22)18(20(28)23-21(24)29)25(12-15-9-7-6-8-10-15)16(26)13-31-14-17(27)30-4-2/h6-10H,3-5,11-14,22H2,1-2H3,(H,23,28,29). The van der Waals surface area contributed by atoms with Crippen LogP contribution in [0.4, 0.5) is 11.5 Å². The van der Waals surface area contributed by atoms with Gasteiger partial charge in [-0.1, -0.05) is 43.7 Å². The zero-order valence-electron chi connectivity index (χ0n) is 17.8. The minimum atomic E-state index is -0.727. The second-order valence-corrected chi connectivity index (χ2v) is 7.75. The molecule has 0 aliphatic carbocycles. The minimum Gasteiger partial charge on any atom is -0.465 e. The van der Waals surface area contributed by atoms with Crippen LogP contribution in [0, 0.1) is 0 Å². The number of thioether (sulfide) groups is 1. The number of aromatic amines is 1. The summed E-state index contributed by atoms with van der Waals surface area (Å²) in [5.41, 5.74) is 5.59. The lowest BCUT2D eigenvalue weighted by atomic mass is 10.2. The van der Waals surface area contributed by atoms with Gasteiger partial charge in [0.15, 0.2) is 5.69 Å². The molecule has 2 rings (SSSR count). The third kappa shape index (κ3) is 6.74. The number of unbranched alkanes of at least 4 members (excludes halogenated alkanes) is 1. The fraction of sp³-hybridized carbons (Fsp3) is 0.429. The molecule has 1 heterocycles. The molecule has 10 heteroatoms. The predicted octanol–water partition coefficient (Wildman–Crippen LogP) is 1.75. The van der Waals surface area contributed by atoms with E-state index in [0.29, 0.717) is 13.0 Å². The van der Waals surface area contributed by atoms with Gasteiger partial charge >= 0.3 is 11.7 Å². The normalized spacial score (nSPS) is 10.6. The number of rotatable bonds is 11. The average molecular weight is 449 g/mol. The zero-order chi connectivity index (χ0) is 22.8. The lowest BCUT2D eigenvalue weighted by Crippen LogP contribution is -2.41. The van der Waals surface area contributed by atoms with Crippen molar-refractivity contribution in [1.82, 2.24) is 9.55 Å². The first-order valence-corrected chi connectivity index (χ1v) is 11.2. The molecule has 0 saturated carbocycles. The molecule has 1 aromatic heterocycles. The van der Waals surface area contributed by atoms with E-state index in [1.165, 1.54) is 9.47 Å². The lowest BCUT2D eigenvalue weighted by Gasteiger charge is -2.24. The Labute approximate surface area is 184 Å². The maximum absolute atomic E-state index is 13.1. The number of benzene rings is 1. The molecule has 0 atom stereocenters. The van der Waals surface area contributed by atoms with Crippen LogP contribution in [0.2, 0.25) is 0 Å². The molecule has 0 saturated heterocycles. The highest BCUT2D eigenvalue weighted by atomic mass is 32.2. The van der Waals surface area contributed by atoms with Crippen LogP contribution < -0.4 is 21.9 Å². The monoisotopic (exact) mass is 448 g/mol. The third-order valence-corrected chi connectivity index (χ3v) is 5.35. The molecule has 1 aromatic carbocycles. The van der Waals surface area contributed by atoms with Crippen molar-refractivity contribution in [1.29, 1.82) is 0 Å². The molecule has 0 unspecified atom stereocenters. The summed E-state index contributed by atoms with van der Waals surface area (Å²) in [5.74, 6) is -0.919. The Hall–Kier alpha value is -3.01. The van der Waals surface area contributed by atoms with E-state index in [1.807, 2.05) is 37.3 Å². The summed E-state index contributed by atoms with van der Waals surface area (Å²) >= 11 is 1.09. The summed E-state index contributed by atoms with van der Waals surface area (Å²) in [7, 11) is 0. The number of carbonyl (C=O) groups excluding carboxylic acids is 2. The van der Waals surface area contributed by atoms with E-state index in [1.54, 1.807) is 6.92 Å². The number of esters is 1. The van der Waals surface area contributed by atoms with Crippen molar-refractivity contribution >= 4 is 35.1 Å². The molecule has 3 N–H and O–H groups in total. The number of hydrogen-bond donors (Lipinski definition) is 2. The van der Waals surface area contributed by atoms with Gasteiger partial charge in [0.2, 0.25) is 5.91 Å². The molecule has 0 fully saturated rings. The van der Waals surface area contributed by atoms with E-state index >= 15 is 0 Å². The highest BCUT2D eigenvalue weighted by Crippen LogP contribution is 2.21. The van der Waals surface area contributed by atoms with Gasteiger partial charge in [0.25, 0.3) is 5.56 Å². The quantitative estimate of drug-likeness (QED) is 0.501. The van der Waals surface area contributed by atoms with Crippen molar-refractivity contribution in [2.24, 2.45) is 0 Å². The summed E-state index contributed by atoms with van der Waals surface area (Å²) in [6.45, 7) is 4.37. The number of nitrogens with two attached hydrogens (primary N) is 1. The van der Waals surface area contributed by atoms with E-state index < -0.39 is 23.1 Å². The van der Waals surface area contributed by atoms with Crippen molar-refractivity contribution < 1.29 is 14.3 Å². The van der Waals surface area contributed by atoms with Crippen LogP contribution in [0.25, 0.3) is 0 Å². The number of ether oxygens (including phenoxy) is 1. The molecule has 31 heavy (non-hydrogen) atoms. The molecule has 0 radical (unpaired) electrons. The number of nitrogens with zero attached hydrogens (tertiary/aromatic N) is 2. The van der Waals surface area contributed by atoms with Crippen molar-refractivity contribution in [2.75, 3.05) is 28.7 Å². The Kier molecular flexibility index (Phi) is 9.39. The van der Waals surface area contributed by atoms with Crippen molar-refractivity contribution in [2.45, 2.75) is 39.8 Å². The van der Waals surface area contributed by atoms with Crippen molar-refractivity contribution in [3.05, 3.63) is 56.7 Å². The van der Waals surface area contributed by atoms with Gasteiger partial charge in [-0.2, -0.15) is 0 Å². The largest absolute Gasteiger partial charge is 0.465 e. The molecule has 2 aromatic rings. The summed E-state index contributed by atoms with van der Waals surface area (Å²) in [5, 5.41) is 0. The van der Waals surface area contributed by atoms with Gasteiger partial charge in [-0.25, -0.2) is 4.79 Å². The molecule has 1 amide bonds. The SMILES string of the molecule is CCCCn1c(N)c(N(Cc2ccccc2)C(=O)CSCC(=O)OCC)c(=O)[nH]c1=O. The Morgan fingerprint density at radius 3 is 2.52 bits per heavy atom. The van der Waals surface area contributed by atoms with E-state index in [9.17, 15) is 19.2 Å². The summed E-state index contributed by atoms with van der Waals surface area (Å²) in [6, 6.07) is 9.14. The van der Waals surface area contributed by atoms with E-state index in [4.69, 9.17) is 10.5 Å². The van der Waals surface area contributed by atoms with Crippen LogP contribution in [0.15, 0.2) is 39.9 Å². The van der Waals surface area contributed by atoms with Crippen molar-refractivity contribution in [3.63, 3.8) is 0 Å². The van der Waals surface area contributed by atoms with Gasteiger partial charge in [0, 0.05) is 6.54 Å². The Balaban J connectivity index is 2.38. The summed E-state index contributed by atoms with van der Waals surface area (Å²) in [4.78, 5) is 53.1. The Bertz CT molecular complexity index is 1000. The maximum atomic E-state index is 13.1. The molecule has 168 valence electrons. The number of hydrogen-bond acceptors (Lipinski definition) is 7. The lowest BCUT2D eigenvalue weighted by molar-refractivity contribution is -0.139. The Morgan fingerprint density at radius 1 is 1.16 bits per heavy atom. The van der Waals surface area contributed by atoms with Crippen LogP contribution in [0.5, 0.6) is 0 Å². The number of nitrogens with one attached hydrogen (secondary N) is 1. The second kappa shape index (κ2) is 12.0. The first kappa shape index (κ1) is 24.3. The van der Waals surface area contributed by atoms with Crippen LogP contribution >= 0.6 is 11.8 Å². The molecule has 0 spiro atoms. The van der Waals surface area contributed by atoms with Gasteiger partial charge in [0.05, 0.1) is 24.7 Å². The van der Waals surface area contributed by atoms with Crippen molar-refractivity contribution in [3.8, 4) is 0 Å². The fourth-order valence-electron chi connectivity index (χ4n) is 2.94. The van der Waals surface area contributed by atoms with Crippen LogP contribution in [-0.2, 0) is 27.4 Å². The van der Waals surface area contributed by atoms with Gasteiger partial charge in [-0.05, 0) is 18.9 Å². The summed E-state index contributed by atoms with van der Waals surface area (Å²) in [6.07, 6.45) is 1.52. The topological polar surface area (TPSA) is 127 Å². The van der Waals surface area contributed by atoms with Gasteiger partial charge in [-0.3, -0.25) is 28.8 Å². The fourth-order valence-corrected chi connectivity index (χ4v) is 3.62. The van der Waals surface area contributed by atoms with Crippen LogP contribution in [0.1, 0.15) is 32.3 Å². The first-order chi connectivity index (χ1) is 14.9. The molecule has 0 aliphatic rings. The van der Waals surface area contributed by atoms with Crippen LogP contribution in [-0.4, -0.2) is 39.5 Å². The van der Waals surface area contributed by atoms with E-state index in [0.717, 1.165) is 23.7 Å². The molecular weight excluding hydrogens is 420 g/mol. The molecule has 9 nitrogen and oxygen atoms in total. The Morgan fingerprint density at radius 2 is 1.87 bits per heavy atom. The first-order valence-electron chi connectivity index (χ1n) is 10.1. The van der Waals surface area contributed by atoms with Crippen LogP contribution in [0.3, 0.4) is 0 Å². The van der Waals surface area contributed by atoms with Gasteiger partial charge in [-0.15, -0.1) is 11.8 Å². The van der Waals surface area contributed by atoms with E-state index in [2.05, 4.69) is 4.98 Å². The number of carbonyl (C=O) groups is 2. The number of nitrogen functional groups attached to an aromatic ring is 1. The second-order valence-electron chi connectivity index (χ2n) is 6.76. The number of anilines is 2. The predicted molar refractivity (Wildman–Crippen MR) is 122 cm³/mol. The number of aromatic nitrogens is 2. The maximum Gasteiger partial charge on any atom is 0.330 e. The number of amides is 1. The highest BCUT2D eigenvalue weighted by molar-refractivity contribution is 8.00. The average Bonchev–Trinajstić information content (AvgIpc) is 2.73. The zero-order valence-corrected chi connectivity index (χ0v) is 18.6. The summed E-state index contributed by atoms with van der Waals surface area (Å²) < 4.78 is 6.15. The smallest absolute Gasteiger partial charge is 0.330 e. The molecular formula is C21H28N4O5S. The minimum absolute atomic E-state index is 0.0145. The third-order valence-electron chi connectivity index (χ3n) is 4.45. The highest BCUT2D eigenvalue weighted by Gasteiger charge is 2.24. The van der Waals surface area contributed by atoms with E-state index in [-0.39, 0.29) is 36.2 Å². The molecule has 0 bridgehead atoms. The number of H-pyrrole nitrogens is 1. The van der Waals surface area contributed by atoms with Gasteiger partial charge < -0.3 is 10.5 Å². The molecule has 0 aliphatic heterocycles. The van der Waals surface area contributed by atoms with Gasteiger partial charge in [0.1, 0.15) is 5.82 Å².